The fourth-order valence-corrected chi connectivity index (χ4v) is 2.04. The standard InChI is InChI=1S/C16H17F2N3O/c1-3-21(4-2)16(22)15-10-12(7-8-19-15)20-11-5-6-13(17)14(18)9-11/h5-10H,3-4H2,1-2H3,(H,19,20). The second-order valence-corrected chi connectivity index (χ2v) is 4.66. The van der Waals surface area contributed by atoms with Crippen LogP contribution in [0.5, 0.6) is 0 Å². The second kappa shape index (κ2) is 6.98. The molecule has 0 bridgehead atoms. The van der Waals surface area contributed by atoms with Crippen LogP contribution in [-0.2, 0) is 0 Å². The number of nitrogens with zero attached hydrogens (tertiary/aromatic N) is 2. The van der Waals surface area contributed by atoms with Crippen LogP contribution in [0.1, 0.15) is 24.3 Å². The number of amides is 1. The molecule has 1 amide bonds. The van der Waals surface area contributed by atoms with Gasteiger partial charge in [-0.2, -0.15) is 0 Å². The van der Waals surface area contributed by atoms with Crippen molar-refractivity contribution in [2.24, 2.45) is 0 Å². The zero-order chi connectivity index (χ0) is 16.1. The first-order valence-electron chi connectivity index (χ1n) is 7.02. The number of benzene rings is 1. The fraction of sp³-hybridized carbons (Fsp3) is 0.250. The van der Waals surface area contributed by atoms with E-state index in [-0.39, 0.29) is 5.91 Å². The Balaban J connectivity index is 2.21. The third-order valence-electron chi connectivity index (χ3n) is 3.24. The molecule has 0 aliphatic carbocycles. The Hall–Kier alpha value is -2.50. The van der Waals surface area contributed by atoms with Gasteiger partial charge in [0, 0.05) is 36.7 Å². The molecule has 0 aliphatic heterocycles. The molecule has 116 valence electrons. The summed E-state index contributed by atoms with van der Waals surface area (Å²) >= 11 is 0. The van der Waals surface area contributed by atoms with Crippen LogP contribution < -0.4 is 5.32 Å². The molecule has 4 nitrogen and oxygen atoms in total. The molecule has 1 aromatic carbocycles. The van der Waals surface area contributed by atoms with Crippen LogP contribution in [0.2, 0.25) is 0 Å². The maximum absolute atomic E-state index is 13.2. The van der Waals surface area contributed by atoms with Gasteiger partial charge in [0.2, 0.25) is 0 Å². The summed E-state index contributed by atoms with van der Waals surface area (Å²) in [5.74, 6) is -2.00. The van der Waals surface area contributed by atoms with Gasteiger partial charge in [0.15, 0.2) is 11.6 Å². The molecule has 0 spiro atoms. The monoisotopic (exact) mass is 305 g/mol. The predicted molar refractivity (Wildman–Crippen MR) is 81.1 cm³/mol. The summed E-state index contributed by atoms with van der Waals surface area (Å²) in [4.78, 5) is 18.0. The molecule has 22 heavy (non-hydrogen) atoms. The zero-order valence-corrected chi connectivity index (χ0v) is 12.4. The Morgan fingerprint density at radius 2 is 1.77 bits per heavy atom. The van der Waals surface area contributed by atoms with E-state index < -0.39 is 11.6 Å². The number of hydrogen-bond donors (Lipinski definition) is 1. The van der Waals surface area contributed by atoms with Crippen molar-refractivity contribution in [1.82, 2.24) is 9.88 Å². The summed E-state index contributed by atoms with van der Waals surface area (Å²) in [5, 5.41) is 2.92. The van der Waals surface area contributed by atoms with E-state index in [0.717, 1.165) is 12.1 Å². The molecule has 0 radical (unpaired) electrons. The van der Waals surface area contributed by atoms with Crippen molar-refractivity contribution in [1.29, 1.82) is 0 Å². The lowest BCUT2D eigenvalue weighted by molar-refractivity contribution is 0.0767. The van der Waals surface area contributed by atoms with Crippen LogP contribution in [0.3, 0.4) is 0 Å². The minimum absolute atomic E-state index is 0.168. The van der Waals surface area contributed by atoms with Crippen molar-refractivity contribution < 1.29 is 13.6 Å². The van der Waals surface area contributed by atoms with Crippen LogP contribution in [0.4, 0.5) is 20.2 Å². The van der Waals surface area contributed by atoms with Crippen molar-refractivity contribution >= 4 is 17.3 Å². The van der Waals surface area contributed by atoms with E-state index in [1.165, 1.54) is 12.3 Å². The summed E-state index contributed by atoms with van der Waals surface area (Å²) < 4.78 is 26.1. The SMILES string of the molecule is CCN(CC)C(=O)c1cc(Nc2ccc(F)c(F)c2)ccn1. The van der Waals surface area contributed by atoms with E-state index in [1.807, 2.05) is 13.8 Å². The van der Waals surface area contributed by atoms with Crippen LogP contribution in [0.25, 0.3) is 0 Å². The maximum Gasteiger partial charge on any atom is 0.272 e. The van der Waals surface area contributed by atoms with Crippen molar-refractivity contribution in [3.8, 4) is 0 Å². The van der Waals surface area contributed by atoms with Crippen molar-refractivity contribution in [2.45, 2.75) is 13.8 Å². The number of rotatable bonds is 5. The first-order valence-corrected chi connectivity index (χ1v) is 7.02. The van der Waals surface area contributed by atoms with E-state index in [4.69, 9.17) is 0 Å². The Kier molecular flexibility index (Phi) is 5.04. The lowest BCUT2D eigenvalue weighted by Gasteiger charge is -2.18. The molecule has 0 saturated heterocycles. The molecular weight excluding hydrogens is 288 g/mol. The number of halogens is 2. The molecule has 2 aromatic rings. The van der Waals surface area contributed by atoms with Gasteiger partial charge in [-0.05, 0) is 38.1 Å². The van der Waals surface area contributed by atoms with Gasteiger partial charge in [0.25, 0.3) is 5.91 Å². The molecule has 1 N–H and O–H groups in total. The summed E-state index contributed by atoms with van der Waals surface area (Å²) in [5.41, 5.74) is 1.28. The lowest BCUT2D eigenvalue weighted by atomic mass is 10.2. The maximum atomic E-state index is 13.2. The Bertz CT molecular complexity index is 672. The van der Waals surface area contributed by atoms with Gasteiger partial charge < -0.3 is 10.2 Å². The molecule has 2 rings (SSSR count). The van der Waals surface area contributed by atoms with E-state index in [9.17, 15) is 13.6 Å². The third kappa shape index (κ3) is 3.58. The van der Waals surface area contributed by atoms with Gasteiger partial charge in [-0.25, -0.2) is 8.78 Å². The number of carbonyl (C=O) groups excluding carboxylic acids is 1. The largest absolute Gasteiger partial charge is 0.355 e. The van der Waals surface area contributed by atoms with Crippen LogP contribution in [-0.4, -0.2) is 28.9 Å². The number of nitrogens with one attached hydrogen (secondary N) is 1. The first-order chi connectivity index (χ1) is 10.5. The molecule has 0 aliphatic rings. The summed E-state index contributed by atoms with van der Waals surface area (Å²) in [6.07, 6.45) is 1.50. The molecule has 0 saturated carbocycles. The number of carbonyl (C=O) groups is 1. The Morgan fingerprint density at radius 1 is 1.09 bits per heavy atom. The smallest absolute Gasteiger partial charge is 0.272 e. The van der Waals surface area contributed by atoms with Gasteiger partial charge in [0.1, 0.15) is 5.69 Å². The third-order valence-corrected chi connectivity index (χ3v) is 3.24. The predicted octanol–water partition coefficient (Wildman–Crippen LogP) is 3.59. The molecule has 0 unspecified atom stereocenters. The van der Waals surface area contributed by atoms with E-state index in [2.05, 4.69) is 10.3 Å². The van der Waals surface area contributed by atoms with Gasteiger partial charge in [0.05, 0.1) is 0 Å². The Morgan fingerprint density at radius 3 is 2.41 bits per heavy atom. The number of pyridine rings is 1. The lowest BCUT2D eigenvalue weighted by Crippen LogP contribution is -2.31. The van der Waals surface area contributed by atoms with Gasteiger partial charge in [-0.15, -0.1) is 0 Å². The normalized spacial score (nSPS) is 10.4. The summed E-state index contributed by atoms with van der Waals surface area (Å²) in [6.45, 7) is 4.98. The van der Waals surface area contributed by atoms with E-state index >= 15 is 0 Å². The average molecular weight is 305 g/mol. The fourth-order valence-electron chi connectivity index (χ4n) is 2.04. The molecule has 1 aromatic heterocycles. The minimum atomic E-state index is -0.932. The Labute approximate surface area is 127 Å². The molecule has 0 atom stereocenters. The second-order valence-electron chi connectivity index (χ2n) is 4.66. The molecule has 6 heteroatoms. The average Bonchev–Trinajstić information content (AvgIpc) is 2.52. The first kappa shape index (κ1) is 15.9. The number of hydrogen-bond acceptors (Lipinski definition) is 3. The van der Waals surface area contributed by atoms with Gasteiger partial charge in [-0.3, -0.25) is 9.78 Å². The van der Waals surface area contributed by atoms with Crippen LogP contribution in [0, 0.1) is 11.6 Å². The molecular formula is C16H17F2N3O. The highest BCUT2D eigenvalue weighted by Gasteiger charge is 2.14. The minimum Gasteiger partial charge on any atom is -0.355 e. The summed E-state index contributed by atoms with van der Waals surface area (Å²) in [6, 6.07) is 6.76. The van der Waals surface area contributed by atoms with E-state index in [1.54, 1.807) is 17.0 Å². The highest BCUT2D eigenvalue weighted by atomic mass is 19.2. The van der Waals surface area contributed by atoms with E-state index in [0.29, 0.717) is 30.2 Å². The van der Waals surface area contributed by atoms with Crippen LogP contribution >= 0.6 is 0 Å². The topological polar surface area (TPSA) is 45.2 Å². The van der Waals surface area contributed by atoms with Crippen molar-refractivity contribution in [2.75, 3.05) is 18.4 Å². The zero-order valence-electron chi connectivity index (χ0n) is 12.4. The number of anilines is 2. The van der Waals surface area contributed by atoms with Gasteiger partial charge >= 0.3 is 0 Å². The molecule has 0 fully saturated rings. The quantitative estimate of drug-likeness (QED) is 0.918. The molecule has 1 heterocycles. The number of aromatic nitrogens is 1. The summed E-state index contributed by atoms with van der Waals surface area (Å²) in [7, 11) is 0. The van der Waals surface area contributed by atoms with Crippen LogP contribution in [0.15, 0.2) is 36.5 Å². The van der Waals surface area contributed by atoms with Crippen molar-refractivity contribution in [3.63, 3.8) is 0 Å². The van der Waals surface area contributed by atoms with Gasteiger partial charge in [-0.1, -0.05) is 0 Å². The highest BCUT2D eigenvalue weighted by Crippen LogP contribution is 2.19. The van der Waals surface area contributed by atoms with Crippen molar-refractivity contribution in [3.05, 3.63) is 53.9 Å². The highest BCUT2D eigenvalue weighted by molar-refractivity contribution is 5.93.